The third kappa shape index (κ3) is 8.59. The number of carbonyl (C=O) groups excluding carboxylic acids is 2. The number of aromatic amines is 2. The zero-order valence-corrected chi connectivity index (χ0v) is 21.5. The molecule has 196 valence electrons. The van der Waals surface area contributed by atoms with Crippen LogP contribution in [-0.2, 0) is 35.5 Å². The van der Waals surface area contributed by atoms with Gasteiger partial charge in [0.15, 0.2) is 0 Å². The summed E-state index contributed by atoms with van der Waals surface area (Å²) in [6.07, 6.45) is 8.46. The predicted octanol–water partition coefficient (Wildman–Crippen LogP) is 1.85. The van der Waals surface area contributed by atoms with Gasteiger partial charge >= 0.3 is 0 Å². The van der Waals surface area contributed by atoms with Crippen molar-refractivity contribution in [3.8, 4) is 0 Å². The molecule has 0 atom stereocenters. The topological polar surface area (TPSA) is 149 Å². The first-order valence-electron chi connectivity index (χ1n) is 12.4. The Kier molecular flexibility index (Phi) is 10.2. The Morgan fingerprint density at radius 3 is 2.03 bits per heavy atom. The summed E-state index contributed by atoms with van der Waals surface area (Å²) >= 11 is 0. The van der Waals surface area contributed by atoms with E-state index in [2.05, 4.69) is 68.0 Å². The second-order valence-electron chi connectivity index (χ2n) is 9.25. The molecule has 0 unspecified atom stereocenters. The first-order valence-corrected chi connectivity index (χ1v) is 12.4. The molecule has 3 aromatic heterocycles. The number of aromatic nitrogens is 6. The van der Waals surface area contributed by atoms with Crippen LogP contribution in [0, 0.1) is 0 Å². The number of hydrogen-bond donors (Lipinski definition) is 3. The molecule has 12 nitrogen and oxygen atoms in total. The molecule has 0 aromatic carbocycles. The maximum absolute atomic E-state index is 13.0. The summed E-state index contributed by atoms with van der Waals surface area (Å²) in [4.78, 5) is 43.6. The number of nitrogens with zero attached hydrogens (tertiary/aromatic N) is 6. The summed E-state index contributed by atoms with van der Waals surface area (Å²) in [7, 11) is 0. The standard InChI is InChI=1S/C24H37N9O3/c1-17(2)33(18(3)4)12-6-5-7-29-21(34)13-22-30-31-23(36-22)14-24(35)32(15-19-25-8-9-26-19)16-20-27-10-11-28-20/h8-11,17-18H,5-7,12-16H2,1-4H3,(H,25,26)(H,27,28)(H,29,34). The lowest BCUT2D eigenvalue weighted by Crippen LogP contribution is -2.38. The molecule has 3 aromatic rings. The molecule has 0 spiro atoms. The molecule has 0 saturated heterocycles. The quantitative estimate of drug-likeness (QED) is 0.268. The minimum atomic E-state index is -0.223. The maximum Gasteiger partial charge on any atom is 0.232 e. The lowest BCUT2D eigenvalue weighted by molar-refractivity contribution is -0.132. The van der Waals surface area contributed by atoms with Crippen LogP contribution in [0.15, 0.2) is 29.2 Å². The SMILES string of the molecule is CC(C)N(CCCCNC(=O)Cc1nnc(CC(=O)N(Cc2ncc[nH]2)Cc2ncc[nH]2)o1)C(C)C. The monoisotopic (exact) mass is 499 g/mol. The lowest BCUT2D eigenvalue weighted by atomic mass is 10.2. The van der Waals surface area contributed by atoms with E-state index in [4.69, 9.17) is 4.42 Å². The second kappa shape index (κ2) is 13.5. The Labute approximate surface area is 211 Å². The highest BCUT2D eigenvalue weighted by Crippen LogP contribution is 2.10. The molecule has 0 fully saturated rings. The molecule has 3 heterocycles. The normalized spacial score (nSPS) is 11.5. The summed E-state index contributed by atoms with van der Waals surface area (Å²) in [5, 5.41) is 10.8. The fourth-order valence-electron chi connectivity index (χ4n) is 3.99. The third-order valence-electron chi connectivity index (χ3n) is 5.76. The number of H-pyrrole nitrogens is 2. The number of unbranched alkanes of at least 4 members (excludes halogenated alkanes) is 1. The summed E-state index contributed by atoms with van der Waals surface area (Å²) < 4.78 is 5.57. The van der Waals surface area contributed by atoms with E-state index < -0.39 is 0 Å². The Morgan fingerprint density at radius 1 is 0.917 bits per heavy atom. The molecule has 0 bridgehead atoms. The van der Waals surface area contributed by atoms with Gasteiger partial charge in [-0.2, -0.15) is 0 Å². The molecule has 0 aliphatic heterocycles. The van der Waals surface area contributed by atoms with E-state index in [-0.39, 0.29) is 49.5 Å². The Bertz CT molecular complexity index is 1000. The molecular weight excluding hydrogens is 462 g/mol. The largest absolute Gasteiger partial charge is 0.424 e. The summed E-state index contributed by atoms with van der Waals surface area (Å²) in [5.74, 6) is 1.24. The number of nitrogens with one attached hydrogen (secondary N) is 3. The van der Waals surface area contributed by atoms with Crippen molar-refractivity contribution in [1.29, 1.82) is 0 Å². The summed E-state index contributed by atoms with van der Waals surface area (Å²) in [6.45, 7) is 10.9. The van der Waals surface area contributed by atoms with Crippen LogP contribution in [0.25, 0.3) is 0 Å². The van der Waals surface area contributed by atoms with Crippen molar-refractivity contribution in [2.24, 2.45) is 0 Å². The molecular formula is C24H37N9O3. The molecule has 3 N–H and O–H groups in total. The van der Waals surface area contributed by atoms with Gasteiger partial charge in [-0.25, -0.2) is 9.97 Å². The van der Waals surface area contributed by atoms with Gasteiger partial charge in [0.25, 0.3) is 0 Å². The molecule has 0 aliphatic rings. The van der Waals surface area contributed by atoms with Crippen LogP contribution in [-0.4, -0.2) is 76.9 Å². The molecule has 0 radical (unpaired) electrons. The van der Waals surface area contributed by atoms with Crippen LogP contribution in [0.1, 0.15) is 64.0 Å². The van der Waals surface area contributed by atoms with Gasteiger partial charge in [0.2, 0.25) is 23.6 Å². The van der Waals surface area contributed by atoms with Crippen molar-refractivity contribution >= 4 is 11.8 Å². The van der Waals surface area contributed by atoms with Crippen LogP contribution >= 0.6 is 0 Å². The van der Waals surface area contributed by atoms with Crippen LogP contribution in [0.2, 0.25) is 0 Å². The third-order valence-corrected chi connectivity index (χ3v) is 5.76. The first-order chi connectivity index (χ1) is 17.3. The van der Waals surface area contributed by atoms with Gasteiger partial charge in [0.05, 0.1) is 13.1 Å². The van der Waals surface area contributed by atoms with Crippen LogP contribution in [0.5, 0.6) is 0 Å². The van der Waals surface area contributed by atoms with Gasteiger partial charge in [0, 0.05) is 43.4 Å². The van der Waals surface area contributed by atoms with Crippen molar-refractivity contribution in [1.82, 2.24) is 45.2 Å². The number of carbonyl (C=O) groups is 2. The number of hydrogen-bond acceptors (Lipinski definition) is 8. The molecule has 2 amide bonds. The minimum Gasteiger partial charge on any atom is -0.424 e. The number of rotatable bonds is 15. The maximum atomic E-state index is 13.0. The van der Waals surface area contributed by atoms with Crippen molar-refractivity contribution in [2.45, 2.75) is 78.6 Å². The molecule has 3 rings (SSSR count). The zero-order chi connectivity index (χ0) is 25.9. The summed E-state index contributed by atoms with van der Waals surface area (Å²) in [6, 6.07) is 1.00. The zero-order valence-electron chi connectivity index (χ0n) is 21.5. The van der Waals surface area contributed by atoms with Gasteiger partial charge in [-0.3, -0.25) is 14.5 Å². The second-order valence-corrected chi connectivity index (χ2v) is 9.25. The first kappa shape index (κ1) is 27.1. The smallest absolute Gasteiger partial charge is 0.232 e. The fraction of sp³-hybridized carbons (Fsp3) is 0.583. The van der Waals surface area contributed by atoms with E-state index >= 15 is 0 Å². The number of amides is 2. The van der Waals surface area contributed by atoms with E-state index in [0.717, 1.165) is 19.4 Å². The van der Waals surface area contributed by atoms with Crippen LogP contribution < -0.4 is 5.32 Å². The Balaban J connectivity index is 1.44. The van der Waals surface area contributed by atoms with Gasteiger partial charge in [-0.15, -0.1) is 10.2 Å². The highest BCUT2D eigenvalue weighted by atomic mass is 16.4. The van der Waals surface area contributed by atoms with E-state index in [9.17, 15) is 9.59 Å². The van der Waals surface area contributed by atoms with E-state index in [1.54, 1.807) is 29.7 Å². The Morgan fingerprint density at radius 2 is 1.50 bits per heavy atom. The van der Waals surface area contributed by atoms with Gasteiger partial charge in [0.1, 0.15) is 24.5 Å². The van der Waals surface area contributed by atoms with Crippen molar-refractivity contribution in [3.05, 3.63) is 48.2 Å². The van der Waals surface area contributed by atoms with E-state index in [1.807, 2.05) is 0 Å². The predicted molar refractivity (Wildman–Crippen MR) is 132 cm³/mol. The molecule has 0 aliphatic carbocycles. The van der Waals surface area contributed by atoms with Crippen molar-refractivity contribution in [3.63, 3.8) is 0 Å². The van der Waals surface area contributed by atoms with E-state index in [0.29, 0.717) is 30.3 Å². The van der Waals surface area contributed by atoms with Gasteiger partial charge in [-0.1, -0.05) is 0 Å². The molecule has 12 heteroatoms. The number of imidazole rings is 2. The highest BCUT2D eigenvalue weighted by molar-refractivity contribution is 5.78. The minimum absolute atomic E-state index is 0.0200. The van der Waals surface area contributed by atoms with Crippen molar-refractivity contribution in [2.75, 3.05) is 13.1 Å². The van der Waals surface area contributed by atoms with E-state index in [1.165, 1.54) is 0 Å². The summed E-state index contributed by atoms with van der Waals surface area (Å²) in [5.41, 5.74) is 0. The van der Waals surface area contributed by atoms with Crippen LogP contribution in [0.4, 0.5) is 0 Å². The van der Waals surface area contributed by atoms with Crippen LogP contribution in [0.3, 0.4) is 0 Å². The van der Waals surface area contributed by atoms with Gasteiger partial charge in [-0.05, 0) is 47.1 Å². The molecule has 36 heavy (non-hydrogen) atoms. The lowest BCUT2D eigenvalue weighted by Gasteiger charge is -2.30. The molecule has 0 saturated carbocycles. The average Bonchev–Trinajstić information content (AvgIpc) is 3.59. The van der Waals surface area contributed by atoms with Gasteiger partial charge < -0.3 is 24.6 Å². The fourth-order valence-corrected chi connectivity index (χ4v) is 3.99. The van der Waals surface area contributed by atoms with Crippen molar-refractivity contribution < 1.29 is 14.0 Å². The average molecular weight is 500 g/mol. The highest BCUT2D eigenvalue weighted by Gasteiger charge is 2.21. The Hall–Kier alpha value is -3.54.